The topological polar surface area (TPSA) is 48.9 Å². The summed E-state index contributed by atoms with van der Waals surface area (Å²) in [5.74, 6) is 0.0601. The largest absolute Gasteiger partial charge is 0.492 e. The number of aromatic hydroxyl groups is 1. The van der Waals surface area contributed by atoms with Crippen molar-refractivity contribution in [3.8, 4) is 5.88 Å². The third-order valence-electron chi connectivity index (χ3n) is 1.37. The summed E-state index contributed by atoms with van der Waals surface area (Å²) in [6, 6.07) is 1.64. The van der Waals surface area contributed by atoms with Gasteiger partial charge in [0.25, 0.3) is 0 Å². The lowest BCUT2D eigenvalue weighted by Gasteiger charge is -2.14. The zero-order chi connectivity index (χ0) is 7.78. The molecule has 1 heterocycles. The van der Waals surface area contributed by atoms with Crippen molar-refractivity contribution in [1.82, 2.24) is 10.2 Å². The fraction of sp³-hybridized carbons (Fsp3) is 0.571. The number of H-pyrrole nitrogens is 1. The summed E-state index contributed by atoms with van der Waals surface area (Å²) in [6.07, 6.45) is 0. The van der Waals surface area contributed by atoms with Crippen molar-refractivity contribution < 1.29 is 5.11 Å². The van der Waals surface area contributed by atoms with E-state index >= 15 is 0 Å². The van der Waals surface area contributed by atoms with Crippen molar-refractivity contribution in [2.45, 2.75) is 26.2 Å². The highest BCUT2D eigenvalue weighted by molar-refractivity contribution is 5.18. The van der Waals surface area contributed by atoms with Gasteiger partial charge in [0.05, 0.1) is 0 Å². The summed E-state index contributed by atoms with van der Waals surface area (Å²) >= 11 is 0. The van der Waals surface area contributed by atoms with E-state index in [0.717, 1.165) is 5.69 Å². The van der Waals surface area contributed by atoms with Gasteiger partial charge in [0.1, 0.15) is 0 Å². The Labute approximate surface area is 60.1 Å². The number of hydrogen-bond donors (Lipinski definition) is 2. The Bertz CT molecular complexity index is 222. The third-order valence-corrected chi connectivity index (χ3v) is 1.37. The van der Waals surface area contributed by atoms with Crippen LogP contribution in [-0.4, -0.2) is 15.3 Å². The van der Waals surface area contributed by atoms with E-state index in [2.05, 4.69) is 31.0 Å². The quantitative estimate of drug-likeness (QED) is 0.572. The second kappa shape index (κ2) is 2.01. The van der Waals surface area contributed by atoms with Crippen LogP contribution < -0.4 is 0 Å². The highest BCUT2D eigenvalue weighted by atomic mass is 16.3. The first-order valence-corrected chi connectivity index (χ1v) is 3.25. The van der Waals surface area contributed by atoms with Gasteiger partial charge in [-0.1, -0.05) is 20.8 Å². The third kappa shape index (κ3) is 1.29. The van der Waals surface area contributed by atoms with E-state index in [-0.39, 0.29) is 11.3 Å². The van der Waals surface area contributed by atoms with E-state index in [1.54, 1.807) is 6.07 Å². The molecular weight excluding hydrogens is 128 g/mol. The monoisotopic (exact) mass is 140 g/mol. The van der Waals surface area contributed by atoms with Gasteiger partial charge < -0.3 is 5.11 Å². The van der Waals surface area contributed by atoms with Gasteiger partial charge in [0.2, 0.25) is 5.88 Å². The molecule has 56 valence electrons. The lowest BCUT2D eigenvalue weighted by molar-refractivity contribution is 0.452. The number of rotatable bonds is 0. The number of nitrogens with one attached hydrogen (secondary N) is 1. The highest BCUT2D eigenvalue weighted by Gasteiger charge is 2.15. The molecule has 0 bridgehead atoms. The van der Waals surface area contributed by atoms with Gasteiger partial charge in [-0.25, -0.2) is 0 Å². The maximum Gasteiger partial charge on any atom is 0.230 e. The SMILES string of the molecule is CC(C)(C)c1cc(O)n[nH]1. The molecule has 0 unspecified atom stereocenters. The Morgan fingerprint density at radius 3 is 2.30 bits per heavy atom. The number of hydrogen-bond acceptors (Lipinski definition) is 2. The molecule has 10 heavy (non-hydrogen) atoms. The number of aromatic amines is 1. The van der Waals surface area contributed by atoms with Crippen LogP contribution in [0.5, 0.6) is 5.88 Å². The Hall–Kier alpha value is -0.990. The van der Waals surface area contributed by atoms with Crippen molar-refractivity contribution in [2.75, 3.05) is 0 Å². The van der Waals surface area contributed by atoms with Crippen LogP contribution in [0.4, 0.5) is 0 Å². The summed E-state index contributed by atoms with van der Waals surface area (Å²) in [5, 5.41) is 15.2. The zero-order valence-electron chi connectivity index (χ0n) is 6.47. The second-order valence-corrected chi connectivity index (χ2v) is 3.39. The van der Waals surface area contributed by atoms with Crippen molar-refractivity contribution in [3.05, 3.63) is 11.8 Å². The average Bonchev–Trinajstić information content (AvgIpc) is 2.11. The minimum atomic E-state index is 0.0357. The fourth-order valence-electron chi connectivity index (χ4n) is 0.695. The van der Waals surface area contributed by atoms with Crippen molar-refractivity contribution in [2.24, 2.45) is 0 Å². The van der Waals surface area contributed by atoms with Gasteiger partial charge in [-0.2, -0.15) is 0 Å². The molecular formula is C7H12N2O. The zero-order valence-corrected chi connectivity index (χ0v) is 6.47. The predicted octanol–water partition coefficient (Wildman–Crippen LogP) is 1.41. The Morgan fingerprint density at radius 1 is 1.50 bits per heavy atom. The molecule has 1 aromatic heterocycles. The van der Waals surface area contributed by atoms with E-state index in [1.165, 1.54) is 0 Å². The van der Waals surface area contributed by atoms with Gasteiger partial charge in [-0.3, -0.25) is 5.10 Å². The first-order valence-electron chi connectivity index (χ1n) is 3.25. The van der Waals surface area contributed by atoms with E-state index in [9.17, 15) is 0 Å². The van der Waals surface area contributed by atoms with Gasteiger partial charge >= 0.3 is 0 Å². The molecule has 0 aliphatic heterocycles. The minimum Gasteiger partial charge on any atom is -0.492 e. The van der Waals surface area contributed by atoms with Crippen LogP contribution in [0.15, 0.2) is 6.07 Å². The summed E-state index contributed by atoms with van der Waals surface area (Å²) in [6.45, 7) is 6.17. The minimum absolute atomic E-state index is 0.0357. The molecule has 0 saturated heterocycles. The van der Waals surface area contributed by atoms with Crippen molar-refractivity contribution >= 4 is 0 Å². The molecule has 1 aromatic rings. The first-order chi connectivity index (χ1) is 4.50. The molecule has 1 rings (SSSR count). The lowest BCUT2D eigenvalue weighted by Crippen LogP contribution is -2.11. The van der Waals surface area contributed by atoms with E-state index in [4.69, 9.17) is 5.11 Å². The summed E-state index contributed by atoms with van der Waals surface area (Å²) in [5.41, 5.74) is 0.985. The number of nitrogens with zero attached hydrogens (tertiary/aromatic N) is 1. The van der Waals surface area contributed by atoms with Crippen LogP contribution >= 0.6 is 0 Å². The summed E-state index contributed by atoms with van der Waals surface area (Å²) < 4.78 is 0. The molecule has 0 atom stereocenters. The van der Waals surface area contributed by atoms with E-state index in [0.29, 0.717) is 0 Å². The molecule has 0 fully saturated rings. The lowest BCUT2D eigenvalue weighted by atomic mass is 9.93. The molecule has 0 radical (unpaired) electrons. The van der Waals surface area contributed by atoms with Crippen LogP contribution in [0.25, 0.3) is 0 Å². The van der Waals surface area contributed by atoms with Crippen molar-refractivity contribution in [1.29, 1.82) is 0 Å². The average molecular weight is 140 g/mol. The normalized spacial score (nSPS) is 11.9. The molecule has 0 saturated carbocycles. The smallest absolute Gasteiger partial charge is 0.230 e. The van der Waals surface area contributed by atoms with Crippen LogP contribution in [0.2, 0.25) is 0 Å². The second-order valence-electron chi connectivity index (χ2n) is 3.39. The standard InChI is InChI=1S/C7H12N2O/c1-7(2,3)5-4-6(10)9-8-5/h4H,1-3H3,(H2,8,9,10). The first kappa shape index (κ1) is 7.12. The van der Waals surface area contributed by atoms with Gasteiger partial charge in [-0.05, 0) is 0 Å². The fourth-order valence-corrected chi connectivity index (χ4v) is 0.695. The molecule has 0 aromatic carbocycles. The van der Waals surface area contributed by atoms with E-state index in [1.807, 2.05) is 0 Å². The van der Waals surface area contributed by atoms with Gasteiger partial charge in [0.15, 0.2) is 0 Å². The maximum absolute atomic E-state index is 8.87. The highest BCUT2D eigenvalue weighted by Crippen LogP contribution is 2.21. The van der Waals surface area contributed by atoms with E-state index < -0.39 is 0 Å². The van der Waals surface area contributed by atoms with Gasteiger partial charge in [0, 0.05) is 17.2 Å². The number of aromatic nitrogens is 2. The van der Waals surface area contributed by atoms with Crippen LogP contribution in [0.1, 0.15) is 26.5 Å². The Morgan fingerprint density at radius 2 is 2.10 bits per heavy atom. The van der Waals surface area contributed by atoms with Crippen LogP contribution in [-0.2, 0) is 5.41 Å². The van der Waals surface area contributed by atoms with Gasteiger partial charge in [-0.15, -0.1) is 5.10 Å². The predicted molar refractivity (Wildman–Crippen MR) is 39.0 cm³/mol. The molecule has 3 heteroatoms. The molecule has 2 N–H and O–H groups in total. The molecule has 0 amide bonds. The summed E-state index contributed by atoms with van der Waals surface area (Å²) in [7, 11) is 0. The maximum atomic E-state index is 8.87. The Kier molecular flexibility index (Phi) is 1.43. The molecule has 3 nitrogen and oxygen atoms in total. The van der Waals surface area contributed by atoms with Crippen molar-refractivity contribution in [3.63, 3.8) is 0 Å². The molecule has 0 aliphatic carbocycles. The Balaban J connectivity index is 2.96. The summed E-state index contributed by atoms with van der Waals surface area (Å²) in [4.78, 5) is 0. The molecule has 0 aliphatic rings. The molecule has 0 spiro atoms. The van der Waals surface area contributed by atoms with Crippen LogP contribution in [0, 0.1) is 0 Å². The van der Waals surface area contributed by atoms with Crippen LogP contribution in [0.3, 0.4) is 0 Å².